The number of hydrogen-bond acceptors (Lipinski definition) is 4. The molecule has 1 amide bonds. The average Bonchev–Trinajstić information content (AvgIpc) is 2.97. The van der Waals surface area contributed by atoms with E-state index in [1.54, 1.807) is 41.5 Å². The van der Waals surface area contributed by atoms with Crippen LogP contribution < -0.4 is 10.5 Å². The van der Waals surface area contributed by atoms with Crippen molar-refractivity contribution >= 4 is 22.9 Å². The molecule has 106 valence electrons. The minimum atomic E-state index is -0.0719. The van der Waals surface area contributed by atoms with Crippen LogP contribution in [0.5, 0.6) is 5.75 Å². The molecule has 4 nitrogen and oxygen atoms in total. The summed E-state index contributed by atoms with van der Waals surface area (Å²) in [5.74, 6) is 0.459. The fraction of sp³-hybridized carbons (Fsp3) is 0.267. The number of anilines is 1. The summed E-state index contributed by atoms with van der Waals surface area (Å²) < 4.78 is 5.16. The molecule has 0 unspecified atom stereocenters. The van der Waals surface area contributed by atoms with Crippen molar-refractivity contribution < 1.29 is 9.53 Å². The number of thiophene rings is 1. The molecule has 2 aromatic rings. The number of rotatable bonds is 5. The first kappa shape index (κ1) is 14.4. The number of carbonyl (C=O) groups is 1. The quantitative estimate of drug-likeness (QED) is 0.861. The summed E-state index contributed by atoms with van der Waals surface area (Å²) in [6, 6.07) is 9.27. The molecule has 0 aliphatic heterocycles. The molecule has 5 heteroatoms. The zero-order valence-corrected chi connectivity index (χ0v) is 12.4. The second kappa shape index (κ2) is 6.43. The van der Waals surface area contributed by atoms with Crippen molar-refractivity contribution in [3.05, 3.63) is 46.2 Å². The minimum absolute atomic E-state index is 0.0719. The van der Waals surface area contributed by atoms with Gasteiger partial charge in [0.15, 0.2) is 0 Å². The molecule has 0 aliphatic rings. The molecule has 1 heterocycles. The largest absolute Gasteiger partial charge is 0.495 e. The molecule has 0 saturated carbocycles. The third kappa shape index (κ3) is 2.93. The summed E-state index contributed by atoms with van der Waals surface area (Å²) in [5, 5.41) is 2.01. The number of ether oxygens (including phenoxy) is 1. The van der Waals surface area contributed by atoms with E-state index in [2.05, 4.69) is 0 Å². The Labute approximate surface area is 122 Å². The summed E-state index contributed by atoms with van der Waals surface area (Å²) >= 11 is 1.64. The number of amides is 1. The first-order chi connectivity index (χ1) is 9.67. The monoisotopic (exact) mass is 290 g/mol. The Morgan fingerprint density at radius 2 is 2.15 bits per heavy atom. The first-order valence-electron chi connectivity index (χ1n) is 6.41. The van der Waals surface area contributed by atoms with Crippen LogP contribution in [0, 0.1) is 0 Å². The fourth-order valence-corrected chi connectivity index (χ4v) is 2.72. The molecular formula is C15H18N2O2S. The van der Waals surface area contributed by atoms with E-state index in [0.717, 1.165) is 4.88 Å². The van der Waals surface area contributed by atoms with Crippen LogP contribution in [-0.2, 0) is 6.54 Å². The lowest BCUT2D eigenvalue weighted by molar-refractivity contribution is 0.0755. The van der Waals surface area contributed by atoms with E-state index in [0.29, 0.717) is 30.1 Å². The maximum atomic E-state index is 12.6. The first-order valence-corrected chi connectivity index (χ1v) is 7.29. The predicted molar refractivity (Wildman–Crippen MR) is 82.1 cm³/mol. The highest BCUT2D eigenvalue weighted by Gasteiger charge is 2.19. The molecule has 2 N–H and O–H groups in total. The van der Waals surface area contributed by atoms with Crippen LogP contribution in [0.15, 0.2) is 35.7 Å². The van der Waals surface area contributed by atoms with E-state index in [1.165, 1.54) is 0 Å². The van der Waals surface area contributed by atoms with Gasteiger partial charge in [-0.2, -0.15) is 0 Å². The van der Waals surface area contributed by atoms with Crippen molar-refractivity contribution in [2.24, 2.45) is 0 Å². The number of hydrogen-bond donors (Lipinski definition) is 1. The molecule has 20 heavy (non-hydrogen) atoms. The van der Waals surface area contributed by atoms with Crippen molar-refractivity contribution in [1.29, 1.82) is 0 Å². The van der Waals surface area contributed by atoms with Gasteiger partial charge in [-0.1, -0.05) is 12.1 Å². The van der Waals surface area contributed by atoms with Crippen LogP contribution >= 0.6 is 11.3 Å². The summed E-state index contributed by atoms with van der Waals surface area (Å²) in [6.45, 7) is 3.19. The highest BCUT2D eigenvalue weighted by molar-refractivity contribution is 7.09. The number of benzene rings is 1. The van der Waals surface area contributed by atoms with Crippen LogP contribution in [0.3, 0.4) is 0 Å². The van der Waals surface area contributed by atoms with Gasteiger partial charge in [0.1, 0.15) is 5.75 Å². The SMILES string of the molecule is CCN(Cc1cccs1)C(=O)c1cccc(OC)c1N. The van der Waals surface area contributed by atoms with Crippen molar-refractivity contribution in [3.8, 4) is 5.75 Å². The number of nitrogens with two attached hydrogens (primary N) is 1. The summed E-state index contributed by atoms with van der Waals surface area (Å²) in [4.78, 5) is 15.5. The predicted octanol–water partition coefficient (Wildman–Crippen LogP) is 3.00. The van der Waals surface area contributed by atoms with Crippen molar-refractivity contribution in [1.82, 2.24) is 4.90 Å². The van der Waals surface area contributed by atoms with Gasteiger partial charge in [0, 0.05) is 11.4 Å². The normalized spacial score (nSPS) is 10.3. The zero-order valence-electron chi connectivity index (χ0n) is 11.6. The topological polar surface area (TPSA) is 55.6 Å². The highest BCUT2D eigenvalue weighted by Crippen LogP contribution is 2.26. The van der Waals surface area contributed by atoms with E-state index < -0.39 is 0 Å². The van der Waals surface area contributed by atoms with Crippen molar-refractivity contribution in [2.45, 2.75) is 13.5 Å². The Bertz CT molecular complexity index is 582. The third-order valence-corrected chi connectivity index (χ3v) is 3.97. The molecular weight excluding hydrogens is 272 g/mol. The molecule has 0 radical (unpaired) electrons. The fourth-order valence-electron chi connectivity index (χ4n) is 2.00. The smallest absolute Gasteiger partial charge is 0.256 e. The Balaban J connectivity index is 2.24. The van der Waals surface area contributed by atoms with E-state index in [1.807, 2.05) is 24.4 Å². The van der Waals surface area contributed by atoms with Gasteiger partial charge in [-0.25, -0.2) is 0 Å². The average molecular weight is 290 g/mol. The van der Waals surface area contributed by atoms with Crippen LogP contribution in [0.25, 0.3) is 0 Å². The zero-order chi connectivity index (χ0) is 14.5. The third-order valence-electron chi connectivity index (χ3n) is 3.11. The van der Waals surface area contributed by atoms with Gasteiger partial charge in [0.25, 0.3) is 5.91 Å². The lowest BCUT2D eigenvalue weighted by Gasteiger charge is -2.21. The number of methoxy groups -OCH3 is 1. The molecule has 2 rings (SSSR count). The molecule has 0 fully saturated rings. The Morgan fingerprint density at radius 1 is 1.35 bits per heavy atom. The summed E-state index contributed by atoms with van der Waals surface area (Å²) in [7, 11) is 1.54. The van der Waals surface area contributed by atoms with E-state index in [4.69, 9.17) is 10.5 Å². The van der Waals surface area contributed by atoms with Gasteiger partial charge >= 0.3 is 0 Å². The summed E-state index contributed by atoms with van der Waals surface area (Å²) in [5.41, 5.74) is 6.87. The van der Waals surface area contributed by atoms with Crippen LogP contribution in [0.1, 0.15) is 22.2 Å². The number of nitrogens with zero attached hydrogens (tertiary/aromatic N) is 1. The van der Waals surface area contributed by atoms with Gasteiger partial charge in [-0.3, -0.25) is 4.79 Å². The molecule has 0 spiro atoms. The Morgan fingerprint density at radius 3 is 2.75 bits per heavy atom. The molecule has 1 aromatic heterocycles. The van der Waals surface area contributed by atoms with E-state index in [-0.39, 0.29) is 5.91 Å². The Kier molecular flexibility index (Phi) is 4.63. The number of carbonyl (C=O) groups excluding carboxylic acids is 1. The van der Waals surface area contributed by atoms with E-state index >= 15 is 0 Å². The summed E-state index contributed by atoms with van der Waals surface area (Å²) in [6.07, 6.45) is 0. The van der Waals surface area contributed by atoms with Crippen LogP contribution in [-0.4, -0.2) is 24.5 Å². The van der Waals surface area contributed by atoms with Gasteiger partial charge in [0.2, 0.25) is 0 Å². The molecule has 0 bridgehead atoms. The lowest BCUT2D eigenvalue weighted by atomic mass is 10.1. The van der Waals surface area contributed by atoms with Crippen LogP contribution in [0.2, 0.25) is 0 Å². The molecule has 1 aromatic carbocycles. The maximum Gasteiger partial charge on any atom is 0.256 e. The van der Waals surface area contributed by atoms with Gasteiger partial charge in [-0.05, 0) is 30.5 Å². The van der Waals surface area contributed by atoms with Crippen LogP contribution in [0.4, 0.5) is 5.69 Å². The van der Waals surface area contributed by atoms with Gasteiger partial charge < -0.3 is 15.4 Å². The molecule has 0 aliphatic carbocycles. The lowest BCUT2D eigenvalue weighted by Crippen LogP contribution is -2.30. The van der Waals surface area contributed by atoms with Crippen molar-refractivity contribution in [2.75, 3.05) is 19.4 Å². The van der Waals surface area contributed by atoms with Crippen molar-refractivity contribution in [3.63, 3.8) is 0 Å². The molecule has 0 saturated heterocycles. The number of nitrogen functional groups attached to an aromatic ring is 1. The maximum absolute atomic E-state index is 12.6. The highest BCUT2D eigenvalue weighted by atomic mass is 32.1. The standard InChI is InChI=1S/C15H18N2O2S/c1-3-17(10-11-6-5-9-20-11)15(18)12-7-4-8-13(19-2)14(12)16/h4-9H,3,10,16H2,1-2H3. The van der Waals surface area contributed by atoms with Gasteiger partial charge in [-0.15, -0.1) is 11.3 Å². The number of para-hydroxylation sites is 1. The minimum Gasteiger partial charge on any atom is -0.495 e. The van der Waals surface area contributed by atoms with Gasteiger partial charge in [0.05, 0.1) is 24.9 Å². The second-order valence-corrected chi connectivity index (χ2v) is 5.35. The van der Waals surface area contributed by atoms with E-state index in [9.17, 15) is 4.79 Å². The second-order valence-electron chi connectivity index (χ2n) is 4.32. The molecule has 0 atom stereocenters. The Hall–Kier alpha value is -2.01.